The molecular weight excluding hydrogens is 304 g/mol. The molecule has 0 fully saturated rings. The summed E-state index contributed by atoms with van der Waals surface area (Å²) in [6.07, 6.45) is 0. The van der Waals surface area contributed by atoms with Gasteiger partial charge in [0.2, 0.25) is 5.91 Å². The van der Waals surface area contributed by atoms with Crippen LogP contribution in [0.4, 0.5) is 5.69 Å². The number of aliphatic hydroxyl groups is 1. The monoisotopic (exact) mass is 326 g/mol. The van der Waals surface area contributed by atoms with Gasteiger partial charge in [-0.2, -0.15) is 0 Å². The van der Waals surface area contributed by atoms with Gasteiger partial charge in [-0.25, -0.2) is 0 Å². The lowest BCUT2D eigenvalue weighted by Gasteiger charge is -2.37. The third kappa shape index (κ3) is 4.45. The number of nitrogens with zero attached hydrogens (tertiary/aromatic N) is 1. The number of halogens is 1. The minimum absolute atomic E-state index is 0.144. The van der Waals surface area contributed by atoms with E-state index >= 15 is 0 Å². The molecule has 0 aromatic heterocycles. The van der Waals surface area contributed by atoms with Crippen LogP contribution in [0, 0.1) is 5.41 Å². The van der Waals surface area contributed by atoms with Gasteiger partial charge in [0.1, 0.15) is 0 Å². The Balaban J connectivity index is 3.13. The van der Waals surface area contributed by atoms with Gasteiger partial charge in [-0.3, -0.25) is 9.59 Å². The number of anilines is 1. The Morgan fingerprint density at radius 2 is 1.95 bits per heavy atom. The first kappa shape index (κ1) is 18.5. The van der Waals surface area contributed by atoms with E-state index in [9.17, 15) is 14.7 Å². The minimum Gasteiger partial charge on any atom is -0.394 e. The molecule has 0 aliphatic rings. The van der Waals surface area contributed by atoms with Crippen molar-refractivity contribution >= 4 is 29.1 Å². The normalized spacial score (nSPS) is 12.7. The fourth-order valence-electron chi connectivity index (χ4n) is 2.28. The smallest absolute Gasteiger partial charge is 0.255 e. The molecule has 1 rings (SSSR count). The summed E-state index contributed by atoms with van der Waals surface area (Å²) in [5.74, 6) is -0.525. The van der Waals surface area contributed by atoms with Crippen molar-refractivity contribution in [2.45, 2.75) is 33.7 Å². The van der Waals surface area contributed by atoms with E-state index in [4.69, 9.17) is 11.6 Å². The first-order chi connectivity index (χ1) is 10.1. The van der Waals surface area contributed by atoms with Gasteiger partial charge in [-0.05, 0) is 23.6 Å². The number of amides is 2. The van der Waals surface area contributed by atoms with E-state index in [1.165, 1.54) is 11.8 Å². The van der Waals surface area contributed by atoms with Gasteiger partial charge in [0.05, 0.1) is 23.2 Å². The second-order valence-corrected chi connectivity index (χ2v) is 6.76. The van der Waals surface area contributed by atoms with Crippen LogP contribution in [0.25, 0.3) is 0 Å². The molecule has 0 unspecified atom stereocenters. The molecule has 0 spiro atoms. The maximum Gasteiger partial charge on any atom is 0.255 e. The van der Waals surface area contributed by atoms with E-state index in [1.807, 2.05) is 20.8 Å². The standard InChI is InChI=1S/C16H23ClN2O3/c1-10(21)18-11-6-7-13(17)12(8-11)15(22)19(5)14(9-20)16(2,3)4/h6-8,14,20H,9H2,1-5H3,(H,18,21)/t14-/m0/s1. The van der Waals surface area contributed by atoms with Crippen molar-refractivity contribution in [1.82, 2.24) is 4.90 Å². The molecule has 0 radical (unpaired) electrons. The van der Waals surface area contributed by atoms with Gasteiger partial charge in [0.15, 0.2) is 0 Å². The number of hydrogen-bond donors (Lipinski definition) is 2. The predicted molar refractivity (Wildman–Crippen MR) is 88.2 cm³/mol. The summed E-state index contributed by atoms with van der Waals surface area (Å²) in [6, 6.07) is 4.40. The molecule has 0 aliphatic heterocycles. The Hall–Kier alpha value is -1.59. The minimum atomic E-state index is -0.347. The second-order valence-electron chi connectivity index (χ2n) is 6.36. The molecular formula is C16H23ClN2O3. The number of carbonyl (C=O) groups is 2. The zero-order valence-electron chi connectivity index (χ0n) is 13.6. The van der Waals surface area contributed by atoms with E-state index in [1.54, 1.807) is 25.2 Å². The quantitative estimate of drug-likeness (QED) is 0.894. The number of hydrogen-bond acceptors (Lipinski definition) is 3. The highest BCUT2D eigenvalue weighted by Gasteiger charge is 2.31. The summed E-state index contributed by atoms with van der Waals surface area (Å²) < 4.78 is 0. The van der Waals surface area contributed by atoms with Gasteiger partial charge in [0.25, 0.3) is 5.91 Å². The Kier molecular flexibility index (Phi) is 5.97. The molecule has 6 heteroatoms. The van der Waals surface area contributed by atoms with Gasteiger partial charge in [-0.15, -0.1) is 0 Å². The molecule has 0 aliphatic carbocycles. The molecule has 1 aromatic carbocycles. The lowest BCUT2D eigenvalue weighted by atomic mass is 9.86. The molecule has 1 aromatic rings. The highest BCUT2D eigenvalue weighted by molar-refractivity contribution is 6.34. The predicted octanol–water partition coefficient (Wildman–Crippen LogP) is 2.78. The van der Waals surface area contributed by atoms with Crippen molar-refractivity contribution in [3.63, 3.8) is 0 Å². The van der Waals surface area contributed by atoms with Crippen molar-refractivity contribution in [3.8, 4) is 0 Å². The number of benzene rings is 1. The Bertz CT molecular complexity index is 567. The van der Waals surface area contributed by atoms with Crippen molar-refractivity contribution in [1.29, 1.82) is 0 Å². The summed E-state index contributed by atoms with van der Waals surface area (Å²) in [6.45, 7) is 7.10. The van der Waals surface area contributed by atoms with E-state index in [-0.39, 0.29) is 35.4 Å². The molecule has 0 heterocycles. The summed E-state index contributed by atoms with van der Waals surface area (Å²) in [7, 11) is 1.63. The maximum absolute atomic E-state index is 12.7. The third-order valence-electron chi connectivity index (χ3n) is 3.48. The van der Waals surface area contributed by atoms with E-state index in [2.05, 4.69) is 5.32 Å². The Morgan fingerprint density at radius 3 is 2.41 bits per heavy atom. The number of aliphatic hydroxyl groups excluding tert-OH is 1. The average Bonchev–Trinajstić information content (AvgIpc) is 2.38. The zero-order valence-corrected chi connectivity index (χ0v) is 14.4. The molecule has 122 valence electrons. The van der Waals surface area contributed by atoms with Crippen molar-refractivity contribution in [2.24, 2.45) is 5.41 Å². The highest BCUT2D eigenvalue weighted by Crippen LogP contribution is 2.27. The number of likely N-dealkylation sites (N-methyl/N-ethyl adjacent to an activating group) is 1. The highest BCUT2D eigenvalue weighted by atomic mass is 35.5. The average molecular weight is 327 g/mol. The van der Waals surface area contributed by atoms with Crippen LogP contribution in [0.1, 0.15) is 38.1 Å². The van der Waals surface area contributed by atoms with Crippen molar-refractivity contribution in [3.05, 3.63) is 28.8 Å². The van der Waals surface area contributed by atoms with Gasteiger partial charge in [0, 0.05) is 19.7 Å². The van der Waals surface area contributed by atoms with Crippen LogP contribution >= 0.6 is 11.6 Å². The second kappa shape index (κ2) is 7.11. The SMILES string of the molecule is CC(=O)Nc1ccc(Cl)c(C(=O)N(C)[C@@H](CO)C(C)(C)C)c1. The Labute approximate surface area is 136 Å². The van der Waals surface area contributed by atoms with Crippen LogP contribution in [0.2, 0.25) is 5.02 Å². The van der Waals surface area contributed by atoms with E-state index in [0.29, 0.717) is 10.7 Å². The molecule has 5 nitrogen and oxygen atoms in total. The van der Waals surface area contributed by atoms with E-state index in [0.717, 1.165) is 0 Å². The van der Waals surface area contributed by atoms with Gasteiger partial charge in [-0.1, -0.05) is 32.4 Å². The molecule has 0 saturated carbocycles. The summed E-state index contributed by atoms with van der Waals surface area (Å²) >= 11 is 6.11. The van der Waals surface area contributed by atoms with Gasteiger partial charge >= 0.3 is 0 Å². The Morgan fingerprint density at radius 1 is 1.36 bits per heavy atom. The third-order valence-corrected chi connectivity index (χ3v) is 3.81. The molecule has 1 atom stereocenters. The molecule has 2 N–H and O–H groups in total. The van der Waals surface area contributed by atoms with Crippen LogP contribution in [0.3, 0.4) is 0 Å². The van der Waals surface area contributed by atoms with Crippen molar-refractivity contribution < 1.29 is 14.7 Å². The molecule has 0 saturated heterocycles. The number of carbonyl (C=O) groups excluding carboxylic acids is 2. The van der Waals surface area contributed by atoms with Crippen LogP contribution < -0.4 is 5.32 Å². The first-order valence-electron chi connectivity index (χ1n) is 7.03. The largest absolute Gasteiger partial charge is 0.394 e. The number of nitrogens with one attached hydrogen (secondary N) is 1. The maximum atomic E-state index is 12.7. The van der Waals surface area contributed by atoms with E-state index < -0.39 is 0 Å². The molecule has 22 heavy (non-hydrogen) atoms. The summed E-state index contributed by atoms with van der Waals surface area (Å²) in [5, 5.41) is 12.5. The fourth-order valence-corrected chi connectivity index (χ4v) is 2.48. The lowest BCUT2D eigenvalue weighted by Crippen LogP contribution is -2.47. The molecule has 2 amide bonds. The lowest BCUT2D eigenvalue weighted by molar-refractivity contribution is -0.114. The zero-order chi connectivity index (χ0) is 17.1. The topological polar surface area (TPSA) is 69.6 Å². The van der Waals surface area contributed by atoms with Gasteiger partial charge < -0.3 is 15.3 Å². The summed E-state index contributed by atoms with van der Waals surface area (Å²) in [5.41, 5.74) is 0.518. The summed E-state index contributed by atoms with van der Waals surface area (Å²) in [4.78, 5) is 25.3. The molecule has 0 bridgehead atoms. The number of rotatable bonds is 4. The van der Waals surface area contributed by atoms with Crippen LogP contribution in [0.15, 0.2) is 18.2 Å². The van der Waals surface area contributed by atoms with Crippen LogP contribution in [-0.2, 0) is 4.79 Å². The fraction of sp³-hybridized carbons (Fsp3) is 0.500. The van der Waals surface area contributed by atoms with Crippen molar-refractivity contribution in [2.75, 3.05) is 19.0 Å². The van der Waals surface area contributed by atoms with Crippen LogP contribution in [-0.4, -0.2) is 41.5 Å². The van der Waals surface area contributed by atoms with Crippen LogP contribution in [0.5, 0.6) is 0 Å². The first-order valence-corrected chi connectivity index (χ1v) is 7.41.